The van der Waals surface area contributed by atoms with Gasteiger partial charge in [0.15, 0.2) is 0 Å². The third-order valence-corrected chi connectivity index (χ3v) is 8.43. The highest BCUT2D eigenvalue weighted by Gasteiger charge is 2.12. The molecule has 202 valence electrons. The van der Waals surface area contributed by atoms with Crippen molar-refractivity contribution in [2.45, 2.75) is 0 Å². The second-order valence-corrected chi connectivity index (χ2v) is 11.0. The smallest absolute Gasteiger partial charge is 0.0464 e. The van der Waals surface area contributed by atoms with Gasteiger partial charge in [-0.3, -0.25) is 0 Å². The molecule has 0 aliphatic heterocycles. The zero-order valence-electron chi connectivity index (χ0n) is 23.7. The molecular weight excluding hydrogens is 518 g/mol. The van der Waals surface area contributed by atoms with Gasteiger partial charge >= 0.3 is 0 Å². The van der Waals surface area contributed by atoms with Gasteiger partial charge in [0.1, 0.15) is 0 Å². The maximum atomic E-state index is 3.73. The highest BCUT2D eigenvalue weighted by atomic mass is 14.9. The molecule has 0 saturated carbocycles. The average Bonchev–Trinajstić information content (AvgIpc) is 3.09. The zero-order valence-corrected chi connectivity index (χ0v) is 23.7. The molecule has 8 aromatic carbocycles. The maximum Gasteiger partial charge on any atom is 0.0464 e. The average molecular weight is 548 g/mol. The number of nitrogens with one attached hydrogen (secondary N) is 1. The molecule has 0 aliphatic rings. The standard InChI is InChI=1S/C42H29N/c1-3-12-29(13-4-1)31-16-11-17-34(26-31)43-42-25-23-33(27-40(42)30-14-5-2-6-15-30)32-22-24-39-37-20-8-7-18-35(37)36-19-9-10-21-38(36)41(39)28-32/h1-28,43H. The van der Waals surface area contributed by atoms with Crippen molar-refractivity contribution in [3.63, 3.8) is 0 Å². The minimum Gasteiger partial charge on any atom is -0.355 e. The molecule has 0 heterocycles. The van der Waals surface area contributed by atoms with E-state index in [1.165, 1.54) is 65.7 Å². The number of anilines is 2. The van der Waals surface area contributed by atoms with Crippen LogP contribution >= 0.6 is 0 Å². The van der Waals surface area contributed by atoms with Crippen LogP contribution in [0.5, 0.6) is 0 Å². The van der Waals surface area contributed by atoms with E-state index in [2.05, 4.69) is 175 Å². The largest absolute Gasteiger partial charge is 0.355 e. The first-order valence-corrected chi connectivity index (χ1v) is 14.8. The molecule has 0 radical (unpaired) electrons. The van der Waals surface area contributed by atoms with Crippen LogP contribution in [0.1, 0.15) is 0 Å². The molecule has 0 amide bonds. The second kappa shape index (κ2) is 10.6. The minimum atomic E-state index is 1.07. The van der Waals surface area contributed by atoms with E-state index in [0.29, 0.717) is 0 Å². The van der Waals surface area contributed by atoms with E-state index in [1.54, 1.807) is 0 Å². The molecule has 1 nitrogen and oxygen atoms in total. The summed E-state index contributed by atoms with van der Waals surface area (Å²) in [7, 11) is 0. The van der Waals surface area contributed by atoms with Crippen LogP contribution in [0, 0.1) is 0 Å². The summed E-state index contributed by atoms with van der Waals surface area (Å²) < 4.78 is 0. The van der Waals surface area contributed by atoms with E-state index in [9.17, 15) is 0 Å². The van der Waals surface area contributed by atoms with Gasteiger partial charge in [-0.1, -0.05) is 140 Å². The van der Waals surface area contributed by atoms with Gasteiger partial charge in [-0.05, 0) is 90.5 Å². The van der Waals surface area contributed by atoms with Crippen molar-refractivity contribution in [3.8, 4) is 33.4 Å². The molecule has 0 spiro atoms. The fraction of sp³-hybridized carbons (Fsp3) is 0. The van der Waals surface area contributed by atoms with Gasteiger partial charge in [0.05, 0.1) is 0 Å². The van der Waals surface area contributed by atoms with E-state index in [4.69, 9.17) is 0 Å². The van der Waals surface area contributed by atoms with E-state index >= 15 is 0 Å². The summed E-state index contributed by atoms with van der Waals surface area (Å²) in [5.41, 5.74) is 9.31. The van der Waals surface area contributed by atoms with Crippen LogP contribution < -0.4 is 5.32 Å². The second-order valence-electron chi connectivity index (χ2n) is 11.0. The predicted molar refractivity (Wildman–Crippen MR) is 185 cm³/mol. The first-order chi connectivity index (χ1) is 21.3. The molecule has 0 atom stereocenters. The zero-order chi connectivity index (χ0) is 28.6. The Balaban J connectivity index is 1.25. The predicted octanol–water partition coefficient (Wildman–Crippen LogP) is 11.9. The number of fused-ring (bicyclic) bond motifs is 6. The lowest BCUT2D eigenvalue weighted by atomic mass is 9.91. The lowest BCUT2D eigenvalue weighted by Crippen LogP contribution is -1.95. The van der Waals surface area contributed by atoms with E-state index < -0.39 is 0 Å². The summed E-state index contributed by atoms with van der Waals surface area (Å²) in [5.74, 6) is 0. The van der Waals surface area contributed by atoms with E-state index in [0.717, 1.165) is 11.4 Å². The van der Waals surface area contributed by atoms with Gasteiger partial charge < -0.3 is 5.32 Å². The Morgan fingerprint density at radius 1 is 0.279 bits per heavy atom. The molecular formula is C42H29N. The number of rotatable bonds is 5. The van der Waals surface area contributed by atoms with Crippen molar-refractivity contribution in [1.82, 2.24) is 0 Å². The molecule has 8 aromatic rings. The Kier molecular flexibility index (Phi) is 6.20. The van der Waals surface area contributed by atoms with Crippen LogP contribution in [0.15, 0.2) is 170 Å². The van der Waals surface area contributed by atoms with E-state index in [1.807, 2.05) is 0 Å². The molecule has 0 fully saturated rings. The summed E-state index contributed by atoms with van der Waals surface area (Å²) >= 11 is 0. The van der Waals surface area contributed by atoms with Crippen LogP contribution in [0.4, 0.5) is 11.4 Å². The summed E-state index contributed by atoms with van der Waals surface area (Å²) in [6, 6.07) is 61.0. The fourth-order valence-electron chi connectivity index (χ4n) is 6.34. The van der Waals surface area contributed by atoms with Crippen molar-refractivity contribution in [2.75, 3.05) is 5.32 Å². The van der Waals surface area contributed by atoms with Gasteiger partial charge in [0.2, 0.25) is 0 Å². The molecule has 0 aliphatic carbocycles. The SMILES string of the molecule is c1ccc(-c2cccc(Nc3ccc(-c4ccc5c6ccccc6c6ccccc6c5c4)cc3-c3ccccc3)c2)cc1. The van der Waals surface area contributed by atoms with Gasteiger partial charge in [-0.2, -0.15) is 0 Å². The quantitative estimate of drug-likeness (QED) is 0.211. The van der Waals surface area contributed by atoms with Crippen LogP contribution in [0.2, 0.25) is 0 Å². The Labute approximate surface area is 251 Å². The molecule has 0 bridgehead atoms. The van der Waals surface area contributed by atoms with E-state index in [-0.39, 0.29) is 0 Å². The topological polar surface area (TPSA) is 12.0 Å². The first-order valence-electron chi connectivity index (χ1n) is 14.8. The maximum absolute atomic E-state index is 3.73. The Morgan fingerprint density at radius 3 is 1.44 bits per heavy atom. The molecule has 1 N–H and O–H groups in total. The Morgan fingerprint density at radius 2 is 0.767 bits per heavy atom. The van der Waals surface area contributed by atoms with Crippen molar-refractivity contribution in [3.05, 3.63) is 170 Å². The highest BCUT2D eigenvalue weighted by molar-refractivity contribution is 6.25. The van der Waals surface area contributed by atoms with Gasteiger partial charge in [-0.25, -0.2) is 0 Å². The number of hydrogen-bond acceptors (Lipinski definition) is 1. The monoisotopic (exact) mass is 547 g/mol. The third kappa shape index (κ3) is 4.62. The normalized spacial score (nSPS) is 11.3. The van der Waals surface area contributed by atoms with Crippen LogP contribution in [-0.2, 0) is 0 Å². The minimum absolute atomic E-state index is 1.07. The molecule has 8 rings (SSSR count). The molecule has 0 saturated heterocycles. The van der Waals surface area contributed by atoms with Crippen LogP contribution in [0.25, 0.3) is 65.7 Å². The Hall–Kier alpha value is -5.66. The van der Waals surface area contributed by atoms with Crippen molar-refractivity contribution >= 4 is 43.7 Å². The van der Waals surface area contributed by atoms with Gasteiger partial charge in [0, 0.05) is 16.9 Å². The van der Waals surface area contributed by atoms with Gasteiger partial charge in [0.25, 0.3) is 0 Å². The molecule has 0 unspecified atom stereocenters. The molecule has 1 heteroatoms. The van der Waals surface area contributed by atoms with Gasteiger partial charge in [-0.15, -0.1) is 0 Å². The van der Waals surface area contributed by atoms with Crippen molar-refractivity contribution < 1.29 is 0 Å². The lowest BCUT2D eigenvalue weighted by molar-refractivity contribution is 1.52. The molecule has 43 heavy (non-hydrogen) atoms. The third-order valence-electron chi connectivity index (χ3n) is 8.43. The Bertz CT molecular complexity index is 2210. The summed E-state index contributed by atoms with van der Waals surface area (Å²) in [5, 5.41) is 11.5. The lowest BCUT2D eigenvalue weighted by Gasteiger charge is -2.16. The molecule has 0 aromatic heterocycles. The highest BCUT2D eigenvalue weighted by Crippen LogP contribution is 2.39. The summed E-state index contributed by atoms with van der Waals surface area (Å²) in [6.07, 6.45) is 0. The van der Waals surface area contributed by atoms with Crippen molar-refractivity contribution in [2.24, 2.45) is 0 Å². The van der Waals surface area contributed by atoms with Crippen LogP contribution in [0.3, 0.4) is 0 Å². The number of benzene rings is 8. The van der Waals surface area contributed by atoms with Crippen molar-refractivity contribution in [1.29, 1.82) is 0 Å². The number of hydrogen-bond donors (Lipinski definition) is 1. The fourth-order valence-corrected chi connectivity index (χ4v) is 6.34. The summed E-state index contributed by atoms with van der Waals surface area (Å²) in [6.45, 7) is 0. The first kappa shape index (κ1) is 25.1. The van der Waals surface area contributed by atoms with Crippen LogP contribution in [-0.4, -0.2) is 0 Å². The summed E-state index contributed by atoms with van der Waals surface area (Å²) in [4.78, 5) is 0.